The van der Waals surface area contributed by atoms with Gasteiger partial charge < -0.3 is 4.74 Å². The zero-order valence-electron chi connectivity index (χ0n) is 15.7. The number of ether oxygens (including phenoxy) is 1. The first kappa shape index (κ1) is 19.9. The molecule has 0 spiro atoms. The topological polar surface area (TPSA) is 70.0 Å². The average Bonchev–Trinajstić information content (AvgIpc) is 2.66. The van der Waals surface area contributed by atoms with Gasteiger partial charge in [0, 0.05) is 12.6 Å². The number of hydrogen-bond acceptors (Lipinski definition) is 5. The predicted octanol–water partition coefficient (Wildman–Crippen LogP) is 5.25. The summed E-state index contributed by atoms with van der Waals surface area (Å²) in [6, 6.07) is 16.9. The summed E-state index contributed by atoms with van der Waals surface area (Å²) in [6.07, 6.45) is 1.65. The van der Waals surface area contributed by atoms with E-state index in [2.05, 4.69) is 0 Å². The van der Waals surface area contributed by atoms with E-state index in [9.17, 15) is 13.9 Å². The van der Waals surface area contributed by atoms with E-state index < -0.39 is 10.8 Å². The number of hydrogen-bond donors (Lipinski definition) is 2. The van der Waals surface area contributed by atoms with E-state index in [1.165, 1.54) is 0 Å². The average molecular weight is 390 g/mol. The molecule has 146 valence electrons. The second-order valence-electron chi connectivity index (χ2n) is 6.88. The van der Waals surface area contributed by atoms with Gasteiger partial charge in [0.15, 0.2) is 0 Å². The molecule has 3 rings (SSSR count). The van der Waals surface area contributed by atoms with Gasteiger partial charge in [-0.2, -0.15) is 4.31 Å². The molecule has 6 heteroatoms. The first-order valence-electron chi connectivity index (χ1n) is 9.28. The fourth-order valence-electron chi connectivity index (χ4n) is 3.53. The van der Waals surface area contributed by atoms with Crippen molar-refractivity contribution in [3.63, 3.8) is 0 Å². The molecule has 0 amide bonds. The molecule has 0 aliphatic carbocycles. The SMILES string of the molecule is CCOC(=O)c1ccc(CN2C(C)CCC(c3ccccc3)S2(O)O)cc1. The minimum absolute atomic E-state index is 0.0692. The zero-order chi connectivity index (χ0) is 19.4. The van der Waals surface area contributed by atoms with Crippen molar-refractivity contribution in [2.45, 2.75) is 44.5 Å². The summed E-state index contributed by atoms with van der Waals surface area (Å²) in [5, 5.41) is -0.284. The fraction of sp³-hybridized carbons (Fsp3) is 0.381. The van der Waals surface area contributed by atoms with Crippen LogP contribution in [0.1, 0.15) is 53.4 Å². The summed E-state index contributed by atoms with van der Waals surface area (Å²) < 4.78 is 29.0. The molecule has 1 heterocycles. The van der Waals surface area contributed by atoms with Gasteiger partial charge in [0.05, 0.1) is 17.4 Å². The second kappa shape index (κ2) is 8.44. The maximum absolute atomic E-state index is 11.8. The summed E-state index contributed by atoms with van der Waals surface area (Å²) in [7, 11) is -2.96. The van der Waals surface area contributed by atoms with E-state index in [0.717, 1.165) is 24.0 Å². The van der Waals surface area contributed by atoms with Crippen LogP contribution in [0.4, 0.5) is 0 Å². The molecule has 2 N–H and O–H groups in total. The fourth-order valence-corrected chi connectivity index (χ4v) is 5.81. The first-order chi connectivity index (χ1) is 12.9. The quantitative estimate of drug-likeness (QED) is 0.683. The van der Waals surface area contributed by atoms with Gasteiger partial charge >= 0.3 is 5.97 Å². The van der Waals surface area contributed by atoms with Gasteiger partial charge in [-0.25, -0.2) is 4.79 Å². The molecule has 0 aromatic heterocycles. The van der Waals surface area contributed by atoms with Crippen LogP contribution in [0, 0.1) is 0 Å². The number of nitrogens with zero attached hydrogens (tertiary/aromatic N) is 1. The highest BCUT2D eigenvalue weighted by molar-refractivity contribution is 8.22. The van der Waals surface area contributed by atoms with Crippen LogP contribution >= 0.6 is 10.8 Å². The Bertz CT molecular complexity index is 764. The number of esters is 1. The maximum atomic E-state index is 11.8. The van der Waals surface area contributed by atoms with Crippen molar-refractivity contribution in [2.75, 3.05) is 6.61 Å². The highest BCUT2D eigenvalue weighted by Crippen LogP contribution is 2.62. The summed E-state index contributed by atoms with van der Waals surface area (Å²) in [5.74, 6) is -0.344. The van der Waals surface area contributed by atoms with Crippen LogP contribution in [0.25, 0.3) is 0 Å². The largest absolute Gasteiger partial charge is 0.462 e. The van der Waals surface area contributed by atoms with E-state index in [1.54, 1.807) is 19.1 Å². The van der Waals surface area contributed by atoms with Gasteiger partial charge in [0.2, 0.25) is 0 Å². The van der Waals surface area contributed by atoms with Gasteiger partial charge in [0.25, 0.3) is 0 Å². The highest BCUT2D eigenvalue weighted by Gasteiger charge is 2.40. The van der Waals surface area contributed by atoms with Crippen LogP contribution < -0.4 is 0 Å². The zero-order valence-corrected chi connectivity index (χ0v) is 16.6. The molecule has 5 nitrogen and oxygen atoms in total. The van der Waals surface area contributed by atoms with Crippen molar-refractivity contribution in [2.24, 2.45) is 0 Å². The molecule has 2 aromatic rings. The van der Waals surface area contributed by atoms with E-state index in [0.29, 0.717) is 18.7 Å². The summed E-state index contributed by atoms with van der Waals surface area (Å²) in [6.45, 7) is 4.57. The summed E-state index contributed by atoms with van der Waals surface area (Å²) in [4.78, 5) is 11.8. The lowest BCUT2D eigenvalue weighted by Gasteiger charge is -2.54. The molecule has 2 unspecified atom stereocenters. The first-order valence-corrected chi connectivity index (χ1v) is 10.8. The highest BCUT2D eigenvalue weighted by atomic mass is 32.3. The number of carbonyl (C=O) groups excluding carboxylic acids is 1. The lowest BCUT2D eigenvalue weighted by Crippen LogP contribution is -2.41. The monoisotopic (exact) mass is 389 g/mol. The smallest absolute Gasteiger partial charge is 0.338 e. The van der Waals surface area contributed by atoms with E-state index in [-0.39, 0.29) is 17.3 Å². The molecule has 0 bridgehead atoms. The van der Waals surface area contributed by atoms with Crippen molar-refractivity contribution < 1.29 is 18.6 Å². The molecule has 1 aliphatic rings. The molecule has 1 saturated heterocycles. The van der Waals surface area contributed by atoms with Crippen LogP contribution in [0.2, 0.25) is 0 Å². The van der Waals surface area contributed by atoms with Crippen molar-refractivity contribution in [3.05, 3.63) is 71.3 Å². The second-order valence-corrected chi connectivity index (χ2v) is 9.04. The van der Waals surface area contributed by atoms with E-state index >= 15 is 0 Å². The van der Waals surface area contributed by atoms with Gasteiger partial charge in [-0.15, -0.1) is 10.8 Å². The van der Waals surface area contributed by atoms with E-state index in [4.69, 9.17) is 4.74 Å². The predicted molar refractivity (Wildman–Crippen MR) is 109 cm³/mol. The molecule has 2 atom stereocenters. The van der Waals surface area contributed by atoms with Crippen molar-refractivity contribution in [1.82, 2.24) is 4.31 Å². The van der Waals surface area contributed by atoms with Gasteiger partial charge in [-0.05, 0) is 49.9 Å². The third-order valence-corrected chi connectivity index (χ3v) is 7.49. The van der Waals surface area contributed by atoms with Gasteiger partial charge in [-0.3, -0.25) is 9.11 Å². The Morgan fingerprint density at radius 1 is 1.11 bits per heavy atom. The van der Waals surface area contributed by atoms with Crippen LogP contribution in [0.15, 0.2) is 54.6 Å². The normalized spacial score (nSPS) is 23.6. The Kier molecular flexibility index (Phi) is 6.22. The van der Waals surface area contributed by atoms with Gasteiger partial charge in [0.1, 0.15) is 0 Å². The Morgan fingerprint density at radius 3 is 2.41 bits per heavy atom. The molecule has 0 radical (unpaired) electrons. The minimum Gasteiger partial charge on any atom is -0.462 e. The van der Waals surface area contributed by atoms with Crippen LogP contribution in [-0.2, 0) is 11.3 Å². The molecule has 27 heavy (non-hydrogen) atoms. The lowest BCUT2D eigenvalue weighted by molar-refractivity contribution is 0.0526. The molecule has 0 saturated carbocycles. The standard InChI is InChI=1S/C21H27NO4S/c1-3-26-21(23)19-12-10-17(11-13-19)15-22-16(2)9-14-20(27(22,24)25)18-7-5-4-6-8-18/h4-8,10-13,16,20,24-25H,3,9,14-15H2,1-2H3. The molecular weight excluding hydrogens is 362 g/mol. The number of benzene rings is 2. The van der Waals surface area contributed by atoms with Crippen molar-refractivity contribution in [1.29, 1.82) is 0 Å². The van der Waals surface area contributed by atoms with Crippen LogP contribution in [0.3, 0.4) is 0 Å². The van der Waals surface area contributed by atoms with Crippen molar-refractivity contribution in [3.8, 4) is 0 Å². The molecule has 1 aliphatic heterocycles. The Balaban J connectivity index is 1.79. The molecule has 2 aromatic carbocycles. The van der Waals surface area contributed by atoms with Crippen LogP contribution in [-0.4, -0.2) is 32.0 Å². The third-order valence-electron chi connectivity index (χ3n) is 5.04. The third kappa shape index (κ3) is 4.35. The molecule has 1 fully saturated rings. The Hall–Kier alpha value is -1.86. The number of rotatable bonds is 5. The lowest BCUT2D eigenvalue weighted by atomic mass is 10.0. The van der Waals surface area contributed by atoms with E-state index in [1.807, 2.05) is 53.7 Å². The summed E-state index contributed by atoms with van der Waals surface area (Å²) >= 11 is 0. The minimum atomic E-state index is -2.96. The van der Waals surface area contributed by atoms with Crippen LogP contribution in [0.5, 0.6) is 0 Å². The maximum Gasteiger partial charge on any atom is 0.338 e. The van der Waals surface area contributed by atoms with Crippen molar-refractivity contribution >= 4 is 16.7 Å². The Labute approximate surface area is 162 Å². The summed E-state index contributed by atoms with van der Waals surface area (Å²) in [5.41, 5.74) is 2.40. The number of carbonyl (C=O) groups is 1. The Morgan fingerprint density at radius 2 is 1.78 bits per heavy atom. The van der Waals surface area contributed by atoms with Gasteiger partial charge in [-0.1, -0.05) is 42.5 Å². The molecular formula is C21H27NO4S.